The molecular formula is C27H24F2N2O3. The third-order valence-electron chi connectivity index (χ3n) is 5.69. The van der Waals surface area contributed by atoms with E-state index < -0.39 is 17.5 Å². The largest absolute Gasteiger partial charge is 0.497 e. The van der Waals surface area contributed by atoms with Gasteiger partial charge in [0.25, 0.3) is 5.56 Å². The van der Waals surface area contributed by atoms with Gasteiger partial charge in [0, 0.05) is 23.4 Å². The molecular weight excluding hydrogens is 438 g/mol. The van der Waals surface area contributed by atoms with E-state index in [0.717, 1.165) is 28.6 Å². The predicted octanol–water partition coefficient (Wildman–Crippen LogP) is 5.02. The number of pyridine rings is 1. The number of aromatic nitrogens is 1. The Morgan fingerprint density at radius 2 is 1.71 bits per heavy atom. The van der Waals surface area contributed by atoms with E-state index in [4.69, 9.17) is 4.74 Å². The fourth-order valence-electron chi connectivity index (χ4n) is 3.83. The number of aryl methyl sites for hydroxylation is 3. The zero-order chi connectivity index (χ0) is 24.2. The molecule has 0 aliphatic heterocycles. The van der Waals surface area contributed by atoms with Crippen LogP contribution in [0.3, 0.4) is 0 Å². The second-order valence-electron chi connectivity index (χ2n) is 8.15. The first-order chi connectivity index (χ1) is 16.3. The molecule has 0 saturated carbocycles. The van der Waals surface area contributed by atoms with Crippen LogP contribution in [0.15, 0.2) is 71.5 Å². The van der Waals surface area contributed by atoms with Crippen LogP contribution < -0.4 is 15.6 Å². The van der Waals surface area contributed by atoms with Crippen LogP contribution in [0.5, 0.6) is 5.75 Å². The van der Waals surface area contributed by atoms with E-state index in [1.54, 1.807) is 12.1 Å². The number of anilines is 1. The van der Waals surface area contributed by atoms with Gasteiger partial charge in [-0.15, -0.1) is 0 Å². The Balaban J connectivity index is 1.66. The van der Waals surface area contributed by atoms with Gasteiger partial charge in [-0.3, -0.25) is 14.2 Å². The molecule has 0 saturated heterocycles. The van der Waals surface area contributed by atoms with Crippen LogP contribution >= 0.6 is 0 Å². The fraction of sp³-hybridized carbons (Fsp3) is 0.185. The van der Waals surface area contributed by atoms with Crippen LogP contribution in [-0.2, 0) is 24.2 Å². The Labute approximate surface area is 195 Å². The zero-order valence-corrected chi connectivity index (χ0v) is 18.9. The quantitative estimate of drug-likeness (QED) is 0.420. The third-order valence-corrected chi connectivity index (χ3v) is 5.69. The molecule has 0 spiro atoms. The maximum atomic E-state index is 13.5. The topological polar surface area (TPSA) is 60.3 Å². The SMILES string of the molecule is COc1ccc2cc(CCc3ccc(C)cc3)c(=O)n(CC(=O)Nc3ccc(F)c(F)c3)c2c1. The highest BCUT2D eigenvalue weighted by molar-refractivity contribution is 5.92. The van der Waals surface area contributed by atoms with Crippen molar-refractivity contribution in [3.63, 3.8) is 0 Å². The van der Waals surface area contributed by atoms with Gasteiger partial charge < -0.3 is 10.1 Å². The van der Waals surface area contributed by atoms with Crippen LogP contribution in [0.25, 0.3) is 10.9 Å². The number of halogens is 2. The smallest absolute Gasteiger partial charge is 0.254 e. The van der Waals surface area contributed by atoms with Crippen LogP contribution in [-0.4, -0.2) is 17.6 Å². The molecule has 174 valence electrons. The number of carbonyl (C=O) groups excluding carboxylic acids is 1. The molecule has 0 fully saturated rings. The van der Waals surface area contributed by atoms with Crippen LogP contribution in [0.4, 0.5) is 14.5 Å². The Hall–Kier alpha value is -4.00. The summed E-state index contributed by atoms with van der Waals surface area (Å²) in [6.07, 6.45) is 1.19. The molecule has 0 aliphatic rings. The monoisotopic (exact) mass is 462 g/mol. The molecule has 4 rings (SSSR count). The molecule has 1 aromatic heterocycles. The number of methoxy groups -OCH3 is 1. The van der Waals surface area contributed by atoms with E-state index in [-0.39, 0.29) is 17.8 Å². The summed E-state index contributed by atoms with van der Waals surface area (Å²) in [5, 5.41) is 3.32. The minimum atomic E-state index is -1.07. The first-order valence-corrected chi connectivity index (χ1v) is 10.8. The van der Waals surface area contributed by atoms with Crippen LogP contribution in [0.2, 0.25) is 0 Å². The summed E-state index contributed by atoms with van der Waals surface area (Å²) in [7, 11) is 1.52. The van der Waals surface area contributed by atoms with E-state index in [0.29, 0.717) is 29.7 Å². The van der Waals surface area contributed by atoms with Crippen molar-refractivity contribution < 1.29 is 18.3 Å². The van der Waals surface area contributed by atoms with Crippen molar-refractivity contribution in [1.29, 1.82) is 0 Å². The maximum Gasteiger partial charge on any atom is 0.254 e. The number of carbonyl (C=O) groups is 1. The second-order valence-corrected chi connectivity index (χ2v) is 8.15. The molecule has 1 N–H and O–H groups in total. The normalized spacial score (nSPS) is 10.9. The Bertz CT molecular complexity index is 1410. The molecule has 34 heavy (non-hydrogen) atoms. The first kappa shape index (κ1) is 23.2. The molecule has 1 amide bonds. The standard InChI is InChI=1S/C27H24F2N2O3/c1-17-3-5-18(6-4-17)7-8-20-13-19-9-11-22(34-2)15-25(19)31(27(20)33)16-26(32)30-21-10-12-23(28)24(29)14-21/h3-6,9-15H,7-8,16H2,1-2H3,(H,30,32). The summed E-state index contributed by atoms with van der Waals surface area (Å²) in [4.78, 5) is 26.1. The highest BCUT2D eigenvalue weighted by Gasteiger charge is 2.14. The summed E-state index contributed by atoms with van der Waals surface area (Å²) >= 11 is 0. The highest BCUT2D eigenvalue weighted by atomic mass is 19.2. The molecule has 4 aromatic rings. The highest BCUT2D eigenvalue weighted by Crippen LogP contribution is 2.22. The lowest BCUT2D eigenvalue weighted by atomic mass is 10.0. The van der Waals surface area contributed by atoms with E-state index >= 15 is 0 Å². The molecule has 5 nitrogen and oxygen atoms in total. The summed E-state index contributed by atoms with van der Waals surface area (Å²) in [5.41, 5.74) is 3.23. The molecule has 0 radical (unpaired) electrons. The second kappa shape index (κ2) is 9.87. The van der Waals surface area contributed by atoms with Gasteiger partial charge in [0.1, 0.15) is 12.3 Å². The van der Waals surface area contributed by atoms with E-state index in [2.05, 4.69) is 5.32 Å². The Kier molecular flexibility index (Phi) is 6.72. The molecule has 0 unspecified atom stereocenters. The van der Waals surface area contributed by atoms with Crippen molar-refractivity contribution in [1.82, 2.24) is 4.57 Å². The van der Waals surface area contributed by atoms with Crippen molar-refractivity contribution in [2.24, 2.45) is 0 Å². The average molecular weight is 462 g/mol. The number of benzene rings is 3. The van der Waals surface area contributed by atoms with Gasteiger partial charge in [-0.1, -0.05) is 29.8 Å². The van der Waals surface area contributed by atoms with Gasteiger partial charge in [-0.25, -0.2) is 8.78 Å². The van der Waals surface area contributed by atoms with Gasteiger partial charge in [0.15, 0.2) is 11.6 Å². The number of amides is 1. The van der Waals surface area contributed by atoms with Crippen LogP contribution in [0, 0.1) is 18.6 Å². The number of rotatable bonds is 7. The van der Waals surface area contributed by atoms with E-state index in [9.17, 15) is 18.4 Å². The van der Waals surface area contributed by atoms with Crippen molar-refractivity contribution in [3.8, 4) is 5.75 Å². The lowest BCUT2D eigenvalue weighted by Crippen LogP contribution is -2.30. The maximum absolute atomic E-state index is 13.5. The number of nitrogens with zero attached hydrogens (tertiary/aromatic N) is 1. The molecule has 3 aromatic carbocycles. The summed E-state index contributed by atoms with van der Waals surface area (Å²) in [6.45, 7) is 1.73. The van der Waals surface area contributed by atoms with Crippen molar-refractivity contribution in [2.75, 3.05) is 12.4 Å². The molecule has 1 heterocycles. The third kappa shape index (κ3) is 5.14. The van der Waals surface area contributed by atoms with Crippen molar-refractivity contribution >= 4 is 22.5 Å². The summed E-state index contributed by atoms with van der Waals surface area (Å²) in [6, 6.07) is 18.4. The number of ether oxygens (including phenoxy) is 1. The molecule has 0 aliphatic carbocycles. The Morgan fingerprint density at radius 3 is 2.41 bits per heavy atom. The van der Waals surface area contributed by atoms with Gasteiger partial charge in [-0.05, 0) is 61.0 Å². The summed E-state index contributed by atoms with van der Waals surface area (Å²) in [5.74, 6) is -2.06. The van der Waals surface area contributed by atoms with Crippen LogP contribution in [0.1, 0.15) is 16.7 Å². The minimum absolute atomic E-state index is 0.106. The number of fused-ring (bicyclic) bond motifs is 1. The van der Waals surface area contributed by atoms with Gasteiger partial charge in [0.05, 0.1) is 12.6 Å². The average Bonchev–Trinajstić information content (AvgIpc) is 2.83. The van der Waals surface area contributed by atoms with Gasteiger partial charge in [0.2, 0.25) is 5.91 Å². The van der Waals surface area contributed by atoms with Crippen molar-refractivity contribution in [2.45, 2.75) is 26.3 Å². The first-order valence-electron chi connectivity index (χ1n) is 10.8. The van der Waals surface area contributed by atoms with E-state index in [1.807, 2.05) is 43.3 Å². The predicted molar refractivity (Wildman–Crippen MR) is 128 cm³/mol. The lowest BCUT2D eigenvalue weighted by molar-refractivity contribution is -0.116. The Morgan fingerprint density at radius 1 is 0.941 bits per heavy atom. The molecule has 0 bridgehead atoms. The summed E-state index contributed by atoms with van der Waals surface area (Å²) < 4.78 is 33.4. The van der Waals surface area contributed by atoms with Gasteiger partial charge >= 0.3 is 0 Å². The van der Waals surface area contributed by atoms with Gasteiger partial charge in [-0.2, -0.15) is 0 Å². The number of nitrogens with one attached hydrogen (secondary N) is 1. The number of hydrogen-bond acceptors (Lipinski definition) is 3. The number of hydrogen-bond donors (Lipinski definition) is 1. The fourth-order valence-corrected chi connectivity index (χ4v) is 3.83. The minimum Gasteiger partial charge on any atom is -0.497 e. The zero-order valence-electron chi connectivity index (χ0n) is 18.9. The molecule has 0 atom stereocenters. The van der Waals surface area contributed by atoms with E-state index in [1.165, 1.54) is 17.7 Å². The van der Waals surface area contributed by atoms with Crippen molar-refractivity contribution in [3.05, 3.63) is 105 Å². The lowest BCUT2D eigenvalue weighted by Gasteiger charge is -2.14. The molecule has 7 heteroatoms.